The average Bonchev–Trinajstić information content (AvgIpc) is 3.98. The molecular weight excluding hydrogens is 649 g/mol. The molecule has 1 N–H and O–H groups in total. The van der Waals surface area contributed by atoms with Crippen molar-refractivity contribution in [3.05, 3.63) is 165 Å². The molecule has 3 aliphatic rings. The third-order valence-electron chi connectivity index (χ3n) is 9.55. The summed E-state index contributed by atoms with van der Waals surface area (Å²) in [6.45, 7) is 0. The number of benzene rings is 4. The highest BCUT2D eigenvalue weighted by molar-refractivity contribution is 7.99. The van der Waals surface area contributed by atoms with E-state index >= 15 is 0 Å². The molecule has 2 aromatic heterocycles. The fourth-order valence-corrected chi connectivity index (χ4v) is 8.10. The molecule has 1 atom stereocenters. The minimum Gasteiger partial charge on any atom is -0.508 e. The molecule has 1 unspecified atom stereocenters. The van der Waals surface area contributed by atoms with Crippen molar-refractivity contribution in [3.8, 4) is 16.9 Å². The van der Waals surface area contributed by atoms with Crippen molar-refractivity contribution >= 4 is 34.8 Å². The van der Waals surface area contributed by atoms with Crippen molar-refractivity contribution in [3.63, 3.8) is 0 Å². The van der Waals surface area contributed by atoms with Gasteiger partial charge in [0.1, 0.15) is 17.4 Å². The number of aromatic nitrogens is 1. The maximum atomic E-state index is 14.6. The van der Waals surface area contributed by atoms with E-state index in [4.69, 9.17) is 10.1 Å². The standard InChI is InChI=1S/C38H29F2NS.C5H4O3/c39-26-13-16-28(17-14-26)42-38-33(37(24-9-10-24)41-36-20-15-27(40)22-35(36)38)19-12-25-21-34-29-6-2-1-5-23(29)11-18-32(34)31-8-4-3-7-30(25)31;6-4-1-2-8-5(7)3-4/h1,3-5,7-8,11-20,22,24-25H,2,6,9-10,21H2;1-3,6H/b19-12+;. The molecule has 1 fully saturated rings. The first-order valence-corrected chi connectivity index (χ1v) is 17.7. The number of hydrogen-bond donors (Lipinski definition) is 1. The molecular formula is C43H33F2NO3S. The first-order chi connectivity index (χ1) is 24.4. The van der Waals surface area contributed by atoms with Gasteiger partial charge in [0, 0.05) is 38.6 Å². The van der Waals surface area contributed by atoms with Crippen LogP contribution in [0.3, 0.4) is 0 Å². The lowest BCUT2D eigenvalue weighted by Crippen LogP contribution is -2.13. The number of pyridine rings is 1. The highest BCUT2D eigenvalue weighted by atomic mass is 32.2. The van der Waals surface area contributed by atoms with Crippen molar-refractivity contribution in [2.45, 2.75) is 53.7 Å². The molecule has 248 valence electrons. The van der Waals surface area contributed by atoms with Gasteiger partial charge in [0.15, 0.2) is 0 Å². The number of halogens is 2. The van der Waals surface area contributed by atoms with Gasteiger partial charge in [-0.1, -0.05) is 72.5 Å². The van der Waals surface area contributed by atoms with Gasteiger partial charge in [0.25, 0.3) is 0 Å². The lowest BCUT2D eigenvalue weighted by Gasteiger charge is -2.29. The molecule has 4 nitrogen and oxygen atoms in total. The van der Waals surface area contributed by atoms with Crippen LogP contribution in [-0.4, -0.2) is 10.1 Å². The Labute approximate surface area is 292 Å². The van der Waals surface area contributed by atoms with Gasteiger partial charge in [-0.2, -0.15) is 0 Å². The Morgan fingerprint density at radius 3 is 2.48 bits per heavy atom. The zero-order valence-electron chi connectivity index (χ0n) is 27.1. The molecule has 50 heavy (non-hydrogen) atoms. The Bertz CT molecular complexity index is 2360. The van der Waals surface area contributed by atoms with Crippen LogP contribution in [0.25, 0.3) is 34.2 Å². The number of fused-ring (bicyclic) bond motifs is 6. The molecule has 0 amide bonds. The quantitative estimate of drug-likeness (QED) is 0.196. The highest BCUT2D eigenvalue weighted by Gasteiger charge is 2.31. The zero-order valence-corrected chi connectivity index (χ0v) is 27.9. The molecule has 6 aromatic rings. The second kappa shape index (κ2) is 13.6. The number of hydrogen-bond acceptors (Lipinski definition) is 5. The van der Waals surface area contributed by atoms with Crippen molar-refractivity contribution in [1.29, 1.82) is 0 Å². The minimum absolute atomic E-state index is 0.0683. The highest BCUT2D eigenvalue weighted by Crippen LogP contribution is 2.48. The van der Waals surface area contributed by atoms with Crippen LogP contribution in [0.2, 0.25) is 0 Å². The lowest BCUT2D eigenvalue weighted by atomic mass is 9.74. The van der Waals surface area contributed by atoms with Gasteiger partial charge in [-0.15, -0.1) is 0 Å². The maximum Gasteiger partial charge on any atom is 0.339 e. The van der Waals surface area contributed by atoms with Crippen LogP contribution in [0.1, 0.15) is 64.6 Å². The van der Waals surface area contributed by atoms with E-state index in [1.807, 2.05) is 0 Å². The van der Waals surface area contributed by atoms with Crippen molar-refractivity contribution in [1.82, 2.24) is 4.98 Å². The Morgan fingerprint density at radius 2 is 1.70 bits per heavy atom. The summed E-state index contributed by atoms with van der Waals surface area (Å²) >= 11 is 1.57. The van der Waals surface area contributed by atoms with Crippen LogP contribution in [-0.2, 0) is 12.8 Å². The van der Waals surface area contributed by atoms with Gasteiger partial charge in [-0.25, -0.2) is 13.6 Å². The van der Waals surface area contributed by atoms with Gasteiger partial charge < -0.3 is 9.52 Å². The predicted molar refractivity (Wildman–Crippen MR) is 196 cm³/mol. The molecule has 3 aliphatic carbocycles. The maximum absolute atomic E-state index is 14.6. The summed E-state index contributed by atoms with van der Waals surface area (Å²) in [4.78, 5) is 17.2. The molecule has 4 aromatic carbocycles. The van der Waals surface area contributed by atoms with E-state index in [0.29, 0.717) is 5.92 Å². The SMILES string of the molecule is Fc1ccc(Sc2c(/C=C/C3Cc4c(ccc5c4CCC=C5)-c4ccccc43)c(C3CC3)nc3ccc(F)cc23)cc1.O=c1cc(O)cco1. The first-order valence-electron chi connectivity index (χ1n) is 16.8. The normalized spacial score (nSPS) is 16.0. The summed E-state index contributed by atoms with van der Waals surface area (Å²) in [6.07, 6.45) is 15.6. The fraction of sp³-hybridized carbons (Fsp3) is 0.163. The minimum atomic E-state index is -0.537. The number of allylic oxidation sites excluding steroid dienone is 2. The van der Waals surface area contributed by atoms with Crippen LogP contribution in [0.5, 0.6) is 5.75 Å². The summed E-state index contributed by atoms with van der Waals surface area (Å²) in [5.41, 5.74) is 10.7. The van der Waals surface area contributed by atoms with E-state index in [2.05, 4.69) is 65.1 Å². The fourth-order valence-electron chi connectivity index (χ4n) is 7.04. The van der Waals surface area contributed by atoms with E-state index in [-0.39, 0.29) is 23.3 Å². The molecule has 0 bridgehead atoms. The van der Waals surface area contributed by atoms with Crippen LogP contribution in [0, 0.1) is 11.6 Å². The number of rotatable bonds is 5. The largest absolute Gasteiger partial charge is 0.508 e. The molecule has 0 aliphatic heterocycles. The first kappa shape index (κ1) is 32.0. The average molecular weight is 682 g/mol. The van der Waals surface area contributed by atoms with Crippen LogP contribution < -0.4 is 5.63 Å². The van der Waals surface area contributed by atoms with Gasteiger partial charge in [-0.05, 0) is 108 Å². The summed E-state index contributed by atoms with van der Waals surface area (Å²) < 4.78 is 32.7. The lowest BCUT2D eigenvalue weighted by molar-refractivity contribution is 0.447. The summed E-state index contributed by atoms with van der Waals surface area (Å²) in [7, 11) is 0. The Morgan fingerprint density at radius 1 is 0.880 bits per heavy atom. The second-order valence-electron chi connectivity index (χ2n) is 12.9. The third kappa shape index (κ3) is 6.53. The summed E-state index contributed by atoms with van der Waals surface area (Å²) in [5.74, 6) is 0.00446. The van der Waals surface area contributed by atoms with E-state index in [1.54, 1.807) is 36.0 Å². The molecule has 0 radical (unpaired) electrons. The van der Waals surface area contributed by atoms with Crippen molar-refractivity contribution < 1.29 is 18.3 Å². The second-order valence-corrected chi connectivity index (χ2v) is 14.0. The Hall–Kier alpha value is -5.27. The van der Waals surface area contributed by atoms with Gasteiger partial charge in [0.05, 0.1) is 23.5 Å². The van der Waals surface area contributed by atoms with E-state index in [9.17, 15) is 13.6 Å². The van der Waals surface area contributed by atoms with Crippen LogP contribution in [0.4, 0.5) is 8.78 Å². The molecule has 2 heterocycles. The molecule has 1 saturated carbocycles. The van der Waals surface area contributed by atoms with Crippen LogP contribution >= 0.6 is 11.8 Å². The topological polar surface area (TPSA) is 63.3 Å². The monoisotopic (exact) mass is 681 g/mol. The van der Waals surface area contributed by atoms with E-state index < -0.39 is 5.63 Å². The molecule has 0 saturated heterocycles. The summed E-state index contributed by atoms with van der Waals surface area (Å²) in [6, 6.07) is 27.1. The predicted octanol–water partition coefficient (Wildman–Crippen LogP) is 10.9. The Balaban J connectivity index is 0.000000400. The van der Waals surface area contributed by atoms with Gasteiger partial charge >= 0.3 is 5.63 Å². The van der Waals surface area contributed by atoms with Gasteiger partial charge in [-0.3, -0.25) is 4.98 Å². The third-order valence-corrected chi connectivity index (χ3v) is 10.7. The van der Waals surface area contributed by atoms with E-state index in [0.717, 1.165) is 76.4 Å². The summed E-state index contributed by atoms with van der Waals surface area (Å²) in [5, 5.41) is 9.35. The number of nitrogens with zero attached hydrogens (tertiary/aromatic N) is 1. The zero-order chi connectivity index (χ0) is 34.2. The number of aromatic hydroxyl groups is 1. The molecule has 7 heteroatoms. The van der Waals surface area contributed by atoms with Crippen molar-refractivity contribution in [2.75, 3.05) is 0 Å². The van der Waals surface area contributed by atoms with Crippen LogP contribution in [0.15, 0.2) is 128 Å². The molecule has 9 rings (SSSR count). The van der Waals surface area contributed by atoms with Crippen molar-refractivity contribution in [2.24, 2.45) is 0 Å². The smallest absolute Gasteiger partial charge is 0.339 e. The van der Waals surface area contributed by atoms with E-state index in [1.165, 1.54) is 57.6 Å². The van der Waals surface area contributed by atoms with Gasteiger partial charge in [0.2, 0.25) is 0 Å². The molecule has 0 spiro atoms. The Kier molecular flexibility index (Phi) is 8.67.